The van der Waals surface area contributed by atoms with Gasteiger partial charge < -0.3 is 15.1 Å². The standard InChI is InChI=1S/C16H22ClF3N4O/c1-22(2)5-6-23-7-9-24(10-8-23)15(25)21-12-3-4-14(17)13(11-12)16(18,19)20/h3-4,11H,5-10H2,1-2H3,(H,21,25). The Bertz CT molecular complexity index is 602. The molecule has 2 amide bonds. The average Bonchev–Trinajstić information content (AvgIpc) is 2.54. The molecule has 0 radical (unpaired) electrons. The van der Waals surface area contributed by atoms with Crippen molar-refractivity contribution in [2.45, 2.75) is 6.18 Å². The molecule has 0 aromatic heterocycles. The molecule has 25 heavy (non-hydrogen) atoms. The maximum Gasteiger partial charge on any atom is 0.417 e. The quantitative estimate of drug-likeness (QED) is 0.875. The van der Waals surface area contributed by atoms with Gasteiger partial charge in [-0.2, -0.15) is 13.2 Å². The van der Waals surface area contributed by atoms with Gasteiger partial charge in [-0.25, -0.2) is 4.79 Å². The average molecular weight is 379 g/mol. The van der Waals surface area contributed by atoms with Crippen LogP contribution < -0.4 is 5.32 Å². The van der Waals surface area contributed by atoms with Crippen LogP contribution in [0.2, 0.25) is 5.02 Å². The summed E-state index contributed by atoms with van der Waals surface area (Å²) >= 11 is 5.58. The number of benzene rings is 1. The summed E-state index contributed by atoms with van der Waals surface area (Å²) in [5, 5.41) is 2.13. The van der Waals surface area contributed by atoms with Crippen molar-refractivity contribution in [3.63, 3.8) is 0 Å². The van der Waals surface area contributed by atoms with Crippen LogP contribution in [0.4, 0.5) is 23.7 Å². The molecule has 1 heterocycles. The molecular weight excluding hydrogens is 357 g/mol. The van der Waals surface area contributed by atoms with Gasteiger partial charge in [0.25, 0.3) is 0 Å². The van der Waals surface area contributed by atoms with Gasteiger partial charge in [0.05, 0.1) is 10.6 Å². The third kappa shape index (κ3) is 5.76. The molecule has 0 aliphatic carbocycles. The number of halogens is 4. The Morgan fingerprint density at radius 3 is 2.44 bits per heavy atom. The number of nitrogens with zero attached hydrogens (tertiary/aromatic N) is 3. The van der Waals surface area contributed by atoms with Gasteiger partial charge in [0.1, 0.15) is 0 Å². The zero-order valence-electron chi connectivity index (χ0n) is 14.2. The summed E-state index contributed by atoms with van der Waals surface area (Å²) in [6.45, 7) is 4.44. The minimum atomic E-state index is -4.56. The van der Waals surface area contributed by atoms with Gasteiger partial charge in [0.2, 0.25) is 0 Å². The lowest BCUT2D eigenvalue weighted by molar-refractivity contribution is -0.137. The van der Waals surface area contributed by atoms with Crippen molar-refractivity contribution in [3.8, 4) is 0 Å². The van der Waals surface area contributed by atoms with E-state index in [0.717, 1.165) is 38.3 Å². The van der Waals surface area contributed by atoms with E-state index in [1.54, 1.807) is 4.90 Å². The van der Waals surface area contributed by atoms with Crippen molar-refractivity contribution < 1.29 is 18.0 Å². The number of piperazine rings is 1. The van der Waals surface area contributed by atoms with Crippen molar-refractivity contribution >= 4 is 23.3 Å². The van der Waals surface area contributed by atoms with Gasteiger partial charge in [-0.1, -0.05) is 11.6 Å². The Morgan fingerprint density at radius 1 is 1.24 bits per heavy atom. The van der Waals surface area contributed by atoms with Crippen molar-refractivity contribution in [2.75, 3.05) is 58.7 Å². The number of hydrogen-bond donors (Lipinski definition) is 1. The topological polar surface area (TPSA) is 38.8 Å². The van der Waals surface area contributed by atoms with E-state index < -0.39 is 17.8 Å². The predicted molar refractivity (Wildman–Crippen MR) is 92.0 cm³/mol. The van der Waals surface area contributed by atoms with E-state index in [0.29, 0.717) is 13.1 Å². The fourth-order valence-corrected chi connectivity index (χ4v) is 2.76. The van der Waals surface area contributed by atoms with Crippen LogP contribution in [-0.4, -0.2) is 74.1 Å². The maximum absolute atomic E-state index is 12.9. The fourth-order valence-electron chi connectivity index (χ4n) is 2.54. The van der Waals surface area contributed by atoms with Crippen LogP contribution in [0, 0.1) is 0 Å². The molecule has 0 unspecified atom stereocenters. The summed E-state index contributed by atoms with van der Waals surface area (Å²) in [6, 6.07) is 2.96. The highest BCUT2D eigenvalue weighted by atomic mass is 35.5. The molecule has 0 bridgehead atoms. The first kappa shape index (κ1) is 19.8. The van der Waals surface area contributed by atoms with E-state index in [2.05, 4.69) is 15.1 Å². The van der Waals surface area contributed by atoms with Crippen LogP contribution in [0.15, 0.2) is 18.2 Å². The van der Waals surface area contributed by atoms with Crippen molar-refractivity contribution in [1.29, 1.82) is 0 Å². The van der Waals surface area contributed by atoms with Gasteiger partial charge in [-0.3, -0.25) is 4.90 Å². The molecule has 5 nitrogen and oxygen atoms in total. The highest BCUT2D eigenvalue weighted by molar-refractivity contribution is 6.31. The summed E-state index contributed by atoms with van der Waals surface area (Å²) in [4.78, 5) is 18.2. The molecular formula is C16H22ClF3N4O. The number of carbonyl (C=O) groups excluding carboxylic acids is 1. The first-order valence-corrected chi connectivity index (χ1v) is 8.34. The SMILES string of the molecule is CN(C)CCN1CCN(C(=O)Nc2ccc(Cl)c(C(F)(F)F)c2)CC1. The van der Waals surface area contributed by atoms with Crippen LogP contribution in [0.25, 0.3) is 0 Å². The van der Waals surface area contributed by atoms with E-state index >= 15 is 0 Å². The van der Waals surface area contributed by atoms with Crippen molar-refractivity contribution in [1.82, 2.24) is 14.7 Å². The number of likely N-dealkylation sites (N-methyl/N-ethyl adjacent to an activating group) is 1. The number of anilines is 1. The fraction of sp³-hybridized carbons (Fsp3) is 0.562. The number of hydrogen-bond acceptors (Lipinski definition) is 3. The van der Waals surface area contributed by atoms with E-state index in [-0.39, 0.29) is 10.7 Å². The molecule has 9 heteroatoms. The van der Waals surface area contributed by atoms with E-state index in [9.17, 15) is 18.0 Å². The molecule has 1 fully saturated rings. The van der Waals surface area contributed by atoms with Gasteiger partial charge in [-0.05, 0) is 32.3 Å². The molecule has 1 N–H and O–H groups in total. The number of nitrogens with one attached hydrogen (secondary N) is 1. The molecule has 2 rings (SSSR count). The first-order valence-electron chi connectivity index (χ1n) is 7.96. The lowest BCUT2D eigenvalue weighted by Crippen LogP contribution is -2.51. The van der Waals surface area contributed by atoms with Crippen molar-refractivity contribution in [2.24, 2.45) is 0 Å². The normalized spacial score (nSPS) is 16.4. The number of rotatable bonds is 4. The van der Waals surface area contributed by atoms with Gasteiger partial charge >= 0.3 is 12.2 Å². The number of amides is 2. The van der Waals surface area contributed by atoms with Gasteiger partial charge in [-0.15, -0.1) is 0 Å². The third-order valence-electron chi connectivity index (χ3n) is 4.05. The molecule has 140 valence electrons. The molecule has 1 aliphatic rings. The van der Waals surface area contributed by atoms with Crippen LogP contribution in [0.5, 0.6) is 0 Å². The predicted octanol–water partition coefficient (Wildman–Crippen LogP) is 3.07. The van der Waals surface area contributed by atoms with Crippen LogP contribution >= 0.6 is 11.6 Å². The van der Waals surface area contributed by atoms with Crippen molar-refractivity contribution in [3.05, 3.63) is 28.8 Å². The zero-order valence-corrected chi connectivity index (χ0v) is 15.0. The largest absolute Gasteiger partial charge is 0.417 e. The number of carbonyl (C=O) groups is 1. The Kier molecular flexibility index (Phi) is 6.53. The maximum atomic E-state index is 12.9. The van der Waals surface area contributed by atoms with Crippen LogP contribution in [-0.2, 0) is 6.18 Å². The molecule has 1 aromatic rings. The second-order valence-corrected chi connectivity index (χ2v) is 6.66. The van der Waals surface area contributed by atoms with Crippen LogP contribution in [0.1, 0.15) is 5.56 Å². The first-order chi connectivity index (χ1) is 11.7. The molecule has 1 aliphatic heterocycles. The Morgan fingerprint density at radius 2 is 1.88 bits per heavy atom. The summed E-state index contributed by atoms with van der Waals surface area (Å²) < 4.78 is 38.6. The molecule has 0 saturated carbocycles. The summed E-state index contributed by atoms with van der Waals surface area (Å²) in [5.74, 6) is 0. The molecule has 1 aromatic carbocycles. The highest BCUT2D eigenvalue weighted by Gasteiger charge is 2.33. The van der Waals surface area contributed by atoms with E-state index in [1.807, 2.05) is 14.1 Å². The second-order valence-electron chi connectivity index (χ2n) is 6.25. The molecule has 1 saturated heterocycles. The molecule has 0 spiro atoms. The lowest BCUT2D eigenvalue weighted by Gasteiger charge is -2.35. The molecule has 0 atom stereocenters. The smallest absolute Gasteiger partial charge is 0.322 e. The highest BCUT2D eigenvalue weighted by Crippen LogP contribution is 2.36. The summed E-state index contributed by atoms with van der Waals surface area (Å²) in [7, 11) is 4.01. The van der Waals surface area contributed by atoms with Gasteiger partial charge in [0, 0.05) is 45.0 Å². The zero-order chi connectivity index (χ0) is 18.6. The summed E-state index contributed by atoms with van der Waals surface area (Å²) in [6.07, 6.45) is -4.56. The Labute approximate surface area is 150 Å². The lowest BCUT2D eigenvalue weighted by atomic mass is 10.2. The minimum absolute atomic E-state index is 0.0803. The minimum Gasteiger partial charge on any atom is -0.322 e. The van der Waals surface area contributed by atoms with Crippen LogP contribution in [0.3, 0.4) is 0 Å². The monoisotopic (exact) mass is 378 g/mol. The second kappa shape index (κ2) is 8.25. The third-order valence-corrected chi connectivity index (χ3v) is 4.38. The van der Waals surface area contributed by atoms with E-state index in [1.165, 1.54) is 6.07 Å². The Balaban J connectivity index is 1.91. The number of urea groups is 1. The van der Waals surface area contributed by atoms with Gasteiger partial charge in [0.15, 0.2) is 0 Å². The number of alkyl halides is 3. The Hall–Kier alpha value is -1.51. The van der Waals surface area contributed by atoms with E-state index in [4.69, 9.17) is 11.6 Å². The summed E-state index contributed by atoms with van der Waals surface area (Å²) in [5.41, 5.74) is -0.878.